The van der Waals surface area contributed by atoms with Crippen molar-refractivity contribution in [3.63, 3.8) is 0 Å². The van der Waals surface area contributed by atoms with Gasteiger partial charge in [0.25, 0.3) is 0 Å². The van der Waals surface area contributed by atoms with Crippen LogP contribution < -0.4 is 11.1 Å². The highest BCUT2D eigenvalue weighted by molar-refractivity contribution is 5.94. The van der Waals surface area contributed by atoms with E-state index in [-0.39, 0.29) is 0 Å². The second-order valence-electron chi connectivity index (χ2n) is 10.6. The Kier molecular flexibility index (Phi) is 6.63. The van der Waals surface area contributed by atoms with Crippen molar-refractivity contribution in [2.75, 3.05) is 13.1 Å². The van der Waals surface area contributed by atoms with Crippen LogP contribution >= 0.6 is 0 Å². The first-order valence-electron chi connectivity index (χ1n) is 13.5. The van der Waals surface area contributed by atoms with Gasteiger partial charge in [-0.15, -0.1) is 10.6 Å². The molecule has 0 spiro atoms. The van der Waals surface area contributed by atoms with Gasteiger partial charge in [0, 0.05) is 13.1 Å². The number of rotatable bonds is 8. The molecule has 2 aliphatic heterocycles. The molecule has 0 saturated heterocycles. The third kappa shape index (κ3) is 4.37. The Morgan fingerprint density at radius 1 is 0.718 bits per heavy atom. The Morgan fingerprint density at radius 2 is 1.26 bits per heavy atom. The monoisotopic (exact) mass is 514 g/mol. The largest absolute Gasteiger partial charge is 0.357 e. The zero-order valence-electron chi connectivity index (χ0n) is 22.5. The molecule has 0 fully saturated rings. The summed E-state index contributed by atoms with van der Waals surface area (Å²) in [5.74, 6) is 0.904. The van der Waals surface area contributed by atoms with Crippen LogP contribution in [0.4, 0.5) is 0 Å². The first-order valence-corrected chi connectivity index (χ1v) is 13.5. The average molecular weight is 515 g/mol. The van der Waals surface area contributed by atoms with Gasteiger partial charge in [0.05, 0.1) is 18.3 Å². The van der Waals surface area contributed by atoms with Gasteiger partial charge in [-0.05, 0) is 41.7 Å². The Morgan fingerprint density at radius 3 is 1.79 bits per heavy atom. The minimum atomic E-state index is -0.695. The molecule has 0 unspecified atom stereocenters. The summed E-state index contributed by atoms with van der Waals surface area (Å²) in [4.78, 5) is 6.70. The second kappa shape index (κ2) is 10.4. The van der Waals surface area contributed by atoms with Gasteiger partial charge < -0.3 is 4.90 Å². The molecule has 6 heteroatoms. The van der Waals surface area contributed by atoms with Crippen LogP contribution in [-0.4, -0.2) is 35.2 Å². The van der Waals surface area contributed by atoms with E-state index in [9.17, 15) is 0 Å². The van der Waals surface area contributed by atoms with E-state index in [0.29, 0.717) is 0 Å². The van der Waals surface area contributed by atoms with Crippen LogP contribution in [0.2, 0.25) is 0 Å². The lowest BCUT2D eigenvalue weighted by atomic mass is 9.73. The van der Waals surface area contributed by atoms with E-state index in [1.165, 1.54) is 11.1 Å². The van der Waals surface area contributed by atoms with Gasteiger partial charge in [0.2, 0.25) is 0 Å². The van der Waals surface area contributed by atoms with Crippen LogP contribution in [0.3, 0.4) is 0 Å². The number of hydrazone groups is 1. The Labute approximate surface area is 230 Å². The van der Waals surface area contributed by atoms with Crippen LogP contribution in [0.15, 0.2) is 125 Å². The summed E-state index contributed by atoms with van der Waals surface area (Å²) in [6, 6.07) is 40.7. The van der Waals surface area contributed by atoms with Crippen molar-refractivity contribution < 1.29 is 0 Å². The SMILES string of the molecule is CC(C)(C1=NNNN1C(c1ccccc1)(c1ccccc1)c1ccccc1)c1ccccc1CN1C=NCC1. The van der Waals surface area contributed by atoms with Gasteiger partial charge in [0.1, 0.15) is 5.54 Å². The summed E-state index contributed by atoms with van der Waals surface area (Å²) in [5, 5.41) is 7.15. The number of aliphatic imine (C=N–C) groups is 1. The molecule has 0 saturated carbocycles. The Bertz CT molecular complexity index is 1370. The standard InChI is InChI=1S/C33H34N6/c1-32(2,30-21-13-12-14-26(30)24-38-23-22-34-25-38)31-35-36-37-39(31)33(27-15-6-3-7-16-27,28-17-8-4-9-18-28)29-19-10-5-11-20-29/h3-21,25,36-37H,22-24H2,1-2H3. The fourth-order valence-electron chi connectivity index (χ4n) is 5.96. The van der Waals surface area contributed by atoms with Crippen molar-refractivity contribution in [3.05, 3.63) is 143 Å². The van der Waals surface area contributed by atoms with E-state index in [2.05, 4.69) is 155 Å². The molecule has 0 aliphatic carbocycles. The highest BCUT2D eigenvalue weighted by atomic mass is 15.8. The lowest BCUT2D eigenvalue weighted by Crippen LogP contribution is -2.59. The molecule has 196 valence electrons. The molecule has 4 aromatic carbocycles. The third-order valence-corrected chi connectivity index (χ3v) is 7.83. The molecule has 0 bridgehead atoms. The zero-order chi connectivity index (χ0) is 26.7. The van der Waals surface area contributed by atoms with Crippen molar-refractivity contribution in [2.24, 2.45) is 10.1 Å². The summed E-state index contributed by atoms with van der Waals surface area (Å²) in [5.41, 5.74) is 11.4. The normalized spacial score (nSPS) is 15.4. The number of hydrazine groups is 2. The maximum Gasteiger partial charge on any atom is 0.153 e. The molecule has 2 aliphatic rings. The number of amidine groups is 1. The molecule has 2 heterocycles. The molecular weight excluding hydrogens is 480 g/mol. The van der Waals surface area contributed by atoms with Crippen molar-refractivity contribution in [3.8, 4) is 0 Å². The quantitative estimate of drug-likeness (QED) is 0.308. The van der Waals surface area contributed by atoms with Crippen LogP contribution in [-0.2, 0) is 17.5 Å². The van der Waals surface area contributed by atoms with Gasteiger partial charge in [0.15, 0.2) is 5.84 Å². The molecular formula is C33H34N6. The first kappa shape index (κ1) is 24.9. The number of benzene rings is 4. The van der Waals surface area contributed by atoms with Crippen molar-refractivity contribution in [1.29, 1.82) is 0 Å². The number of hydrogen-bond acceptors (Lipinski definition) is 6. The fraction of sp³-hybridized carbons (Fsp3) is 0.212. The minimum absolute atomic E-state index is 0.437. The third-order valence-electron chi connectivity index (χ3n) is 7.83. The number of hydrogen-bond donors (Lipinski definition) is 2. The van der Waals surface area contributed by atoms with E-state index in [1.807, 2.05) is 6.34 Å². The van der Waals surface area contributed by atoms with E-state index in [1.54, 1.807) is 0 Å². The maximum absolute atomic E-state index is 4.92. The first-order chi connectivity index (χ1) is 19.1. The number of nitrogens with one attached hydrogen (secondary N) is 2. The van der Waals surface area contributed by atoms with Crippen LogP contribution in [0.25, 0.3) is 0 Å². The minimum Gasteiger partial charge on any atom is -0.357 e. The van der Waals surface area contributed by atoms with Crippen molar-refractivity contribution >= 4 is 12.2 Å². The van der Waals surface area contributed by atoms with Crippen LogP contribution in [0.1, 0.15) is 41.7 Å². The smallest absolute Gasteiger partial charge is 0.153 e. The highest BCUT2D eigenvalue weighted by Gasteiger charge is 2.49. The molecule has 39 heavy (non-hydrogen) atoms. The van der Waals surface area contributed by atoms with Gasteiger partial charge in [-0.25, -0.2) is 5.53 Å². The predicted octanol–water partition coefficient (Wildman–Crippen LogP) is 5.44. The van der Waals surface area contributed by atoms with E-state index in [0.717, 1.165) is 42.2 Å². The molecule has 0 atom stereocenters. The van der Waals surface area contributed by atoms with Crippen LogP contribution in [0, 0.1) is 0 Å². The lowest BCUT2D eigenvalue weighted by molar-refractivity contribution is 0.173. The van der Waals surface area contributed by atoms with Gasteiger partial charge in [-0.2, -0.15) is 0 Å². The lowest BCUT2D eigenvalue weighted by Gasteiger charge is -2.46. The van der Waals surface area contributed by atoms with E-state index >= 15 is 0 Å². The Hall–Kier alpha value is -4.42. The summed E-state index contributed by atoms with van der Waals surface area (Å²) in [6.45, 7) is 7.14. The topological polar surface area (TPSA) is 55.3 Å². The van der Waals surface area contributed by atoms with Crippen LogP contribution in [0.5, 0.6) is 0 Å². The van der Waals surface area contributed by atoms with E-state index < -0.39 is 11.0 Å². The molecule has 0 radical (unpaired) electrons. The maximum atomic E-state index is 4.92. The molecule has 4 aromatic rings. The van der Waals surface area contributed by atoms with Gasteiger partial charge in [-0.3, -0.25) is 10.0 Å². The highest BCUT2D eigenvalue weighted by Crippen LogP contribution is 2.45. The zero-order valence-corrected chi connectivity index (χ0v) is 22.5. The molecule has 0 amide bonds. The summed E-state index contributed by atoms with van der Waals surface area (Å²) in [7, 11) is 0. The second-order valence-corrected chi connectivity index (χ2v) is 10.6. The Balaban J connectivity index is 1.53. The van der Waals surface area contributed by atoms with Gasteiger partial charge in [-0.1, -0.05) is 115 Å². The summed E-state index contributed by atoms with van der Waals surface area (Å²) < 4.78 is 0. The molecule has 6 rings (SSSR count). The average Bonchev–Trinajstić information content (AvgIpc) is 3.69. The number of nitrogens with zero attached hydrogens (tertiary/aromatic N) is 4. The van der Waals surface area contributed by atoms with E-state index in [4.69, 9.17) is 5.10 Å². The summed E-state index contributed by atoms with van der Waals surface area (Å²) >= 11 is 0. The fourth-order valence-corrected chi connectivity index (χ4v) is 5.96. The molecule has 6 nitrogen and oxygen atoms in total. The molecule has 2 N–H and O–H groups in total. The van der Waals surface area contributed by atoms with Crippen molar-refractivity contribution in [1.82, 2.24) is 21.0 Å². The van der Waals surface area contributed by atoms with Gasteiger partial charge >= 0.3 is 0 Å². The summed E-state index contributed by atoms with van der Waals surface area (Å²) in [6.07, 6.45) is 1.97. The molecule has 0 aromatic heterocycles. The van der Waals surface area contributed by atoms with Crippen molar-refractivity contribution in [2.45, 2.75) is 31.3 Å². The predicted molar refractivity (Wildman–Crippen MR) is 158 cm³/mol.